The molecule has 0 N–H and O–H groups in total. The van der Waals surface area contributed by atoms with Crippen molar-refractivity contribution in [2.24, 2.45) is 0 Å². The van der Waals surface area contributed by atoms with Gasteiger partial charge in [-0.05, 0) is 62.2 Å². The van der Waals surface area contributed by atoms with Crippen LogP contribution in [0.2, 0.25) is 0 Å². The van der Waals surface area contributed by atoms with Crippen LogP contribution < -0.4 is 0 Å². The Kier molecular flexibility index (Phi) is 6.84. The fourth-order valence-electron chi connectivity index (χ4n) is 7.63. The van der Waals surface area contributed by atoms with Crippen LogP contribution in [0.5, 0.6) is 0 Å². The van der Waals surface area contributed by atoms with Crippen molar-refractivity contribution in [1.29, 1.82) is 0 Å². The Labute approximate surface area is 287 Å². The standard InChI is InChI=1S/C47H34N2/c1-47(2)41-26-12-11-25-39(41)43-42(47)28-27-40-44(32-17-7-4-8-18-32)48-46(49-45(40)43)36-22-14-20-34(30-36)33-19-13-21-35(29-33)38-24-10-9-23-37(38)31-15-5-3-6-16-31/h3-30H,1-2H3. The van der Waals surface area contributed by atoms with Gasteiger partial charge in [-0.2, -0.15) is 0 Å². The number of hydrogen-bond donors (Lipinski definition) is 0. The van der Waals surface area contributed by atoms with Gasteiger partial charge in [0, 0.05) is 27.5 Å². The highest BCUT2D eigenvalue weighted by atomic mass is 14.9. The Balaban J connectivity index is 1.21. The summed E-state index contributed by atoms with van der Waals surface area (Å²) in [6.45, 7) is 4.64. The second-order valence-electron chi connectivity index (χ2n) is 13.4. The maximum absolute atomic E-state index is 5.40. The Hall–Kier alpha value is -6.12. The van der Waals surface area contributed by atoms with Crippen molar-refractivity contribution in [1.82, 2.24) is 9.97 Å². The molecule has 0 fully saturated rings. The van der Waals surface area contributed by atoms with Crippen LogP contribution in [0.3, 0.4) is 0 Å². The molecule has 0 saturated heterocycles. The molecule has 9 rings (SSSR count). The predicted octanol–water partition coefficient (Wildman–Crippen LogP) is 12.3. The molecule has 7 aromatic carbocycles. The van der Waals surface area contributed by atoms with Crippen LogP contribution in [-0.2, 0) is 5.41 Å². The Morgan fingerprint density at radius 2 is 0.918 bits per heavy atom. The summed E-state index contributed by atoms with van der Waals surface area (Å²) in [6, 6.07) is 60.6. The molecule has 8 aromatic rings. The van der Waals surface area contributed by atoms with E-state index in [0.29, 0.717) is 0 Å². The summed E-state index contributed by atoms with van der Waals surface area (Å²) in [4.78, 5) is 10.7. The van der Waals surface area contributed by atoms with Crippen molar-refractivity contribution < 1.29 is 0 Å². The third-order valence-electron chi connectivity index (χ3n) is 10.1. The first-order valence-corrected chi connectivity index (χ1v) is 16.9. The lowest BCUT2D eigenvalue weighted by molar-refractivity contribution is 0.661. The van der Waals surface area contributed by atoms with Crippen molar-refractivity contribution in [2.45, 2.75) is 19.3 Å². The molecule has 0 radical (unpaired) electrons. The van der Waals surface area contributed by atoms with E-state index in [0.717, 1.165) is 44.7 Å². The summed E-state index contributed by atoms with van der Waals surface area (Å²) in [5, 5.41) is 1.07. The molecule has 2 heteroatoms. The molecule has 1 aliphatic rings. The van der Waals surface area contributed by atoms with Gasteiger partial charge in [0.05, 0.1) is 11.2 Å². The minimum absolute atomic E-state index is 0.109. The van der Waals surface area contributed by atoms with Crippen molar-refractivity contribution >= 4 is 10.9 Å². The molecule has 232 valence electrons. The van der Waals surface area contributed by atoms with E-state index in [1.807, 2.05) is 0 Å². The largest absolute Gasteiger partial charge is 0.227 e. The molecule has 2 nitrogen and oxygen atoms in total. The minimum Gasteiger partial charge on any atom is -0.227 e. The molecule has 49 heavy (non-hydrogen) atoms. The maximum Gasteiger partial charge on any atom is 0.160 e. The highest BCUT2D eigenvalue weighted by Gasteiger charge is 2.37. The normalized spacial score (nSPS) is 12.9. The van der Waals surface area contributed by atoms with Crippen LogP contribution >= 0.6 is 0 Å². The first-order valence-electron chi connectivity index (χ1n) is 16.9. The molecule has 0 unspecified atom stereocenters. The highest BCUT2D eigenvalue weighted by Crippen LogP contribution is 2.51. The molecule has 1 aliphatic carbocycles. The quantitative estimate of drug-likeness (QED) is 0.190. The van der Waals surface area contributed by atoms with Crippen LogP contribution in [0.25, 0.3) is 78.1 Å². The van der Waals surface area contributed by atoms with Gasteiger partial charge in [0.25, 0.3) is 0 Å². The second kappa shape index (κ2) is 11.5. The zero-order valence-electron chi connectivity index (χ0n) is 27.6. The van der Waals surface area contributed by atoms with Crippen LogP contribution in [0.4, 0.5) is 0 Å². The number of benzene rings is 7. The van der Waals surface area contributed by atoms with Gasteiger partial charge in [-0.25, -0.2) is 9.97 Å². The fraction of sp³-hybridized carbons (Fsp3) is 0.0638. The van der Waals surface area contributed by atoms with Crippen molar-refractivity contribution in [2.75, 3.05) is 0 Å². The first kappa shape index (κ1) is 29.1. The summed E-state index contributed by atoms with van der Waals surface area (Å²) >= 11 is 0. The van der Waals surface area contributed by atoms with Crippen LogP contribution in [-0.4, -0.2) is 9.97 Å². The summed E-state index contributed by atoms with van der Waals surface area (Å²) in [5.74, 6) is 0.731. The van der Waals surface area contributed by atoms with Crippen molar-refractivity contribution in [3.63, 3.8) is 0 Å². The lowest BCUT2D eigenvalue weighted by atomic mass is 9.82. The number of fused-ring (bicyclic) bond motifs is 5. The van der Waals surface area contributed by atoms with Crippen molar-refractivity contribution in [3.8, 4) is 67.2 Å². The molecule has 0 saturated carbocycles. The summed E-state index contributed by atoms with van der Waals surface area (Å²) in [7, 11) is 0. The number of hydrogen-bond acceptors (Lipinski definition) is 2. The lowest BCUT2D eigenvalue weighted by Crippen LogP contribution is -2.14. The van der Waals surface area contributed by atoms with Gasteiger partial charge in [-0.3, -0.25) is 0 Å². The van der Waals surface area contributed by atoms with E-state index < -0.39 is 0 Å². The number of nitrogens with zero attached hydrogens (tertiary/aromatic N) is 2. The van der Waals surface area contributed by atoms with E-state index in [9.17, 15) is 0 Å². The van der Waals surface area contributed by atoms with Gasteiger partial charge >= 0.3 is 0 Å². The van der Waals surface area contributed by atoms with Crippen molar-refractivity contribution in [3.05, 3.63) is 181 Å². The molecule has 0 aliphatic heterocycles. The van der Waals surface area contributed by atoms with Gasteiger partial charge in [0.1, 0.15) is 0 Å². The minimum atomic E-state index is -0.109. The van der Waals surface area contributed by atoms with Crippen LogP contribution in [0.15, 0.2) is 170 Å². The van der Waals surface area contributed by atoms with Gasteiger partial charge in [-0.15, -0.1) is 0 Å². The van der Waals surface area contributed by atoms with E-state index in [1.165, 1.54) is 44.5 Å². The zero-order chi connectivity index (χ0) is 33.0. The Morgan fingerprint density at radius 1 is 0.388 bits per heavy atom. The average Bonchev–Trinajstić information content (AvgIpc) is 3.41. The smallest absolute Gasteiger partial charge is 0.160 e. The van der Waals surface area contributed by atoms with E-state index in [4.69, 9.17) is 9.97 Å². The topological polar surface area (TPSA) is 25.8 Å². The third kappa shape index (κ3) is 4.88. The van der Waals surface area contributed by atoms with E-state index in [1.54, 1.807) is 0 Å². The summed E-state index contributed by atoms with van der Waals surface area (Å²) in [5.41, 5.74) is 16.2. The molecule has 0 amide bonds. The number of rotatable bonds is 5. The van der Waals surface area contributed by atoms with Crippen LogP contribution in [0.1, 0.15) is 25.0 Å². The van der Waals surface area contributed by atoms with Gasteiger partial charge in [0.15, 0.2) is 5.82 Å². The molecular weight excluding hydrogens is 593 g/mol. The van der Waals surface area contributed by atoms with Gasteiger partial charge in [0.2, 0.25) is 0 Å². The first-order chi connectivity index (χ1) is 24.1. The summed E-state index contributed by atoms with van der Waals surface area (Å²) in [6.07, 6.45) is 0. The molecule has 0 spiro atoms. The molecular formula is C47H34N2. The highest BCUT2D eigenvalue weighted by molar-refractivity contribution is 6.05. The molecule has 1 aromatic heterocycles. The fourth-order valence-corrected chi connectivity index (χ4v) is 7.63. The molecule has 1 heterocycles. The molecule has 0 bridgehead atoms. The zero-order valence-corrected chi connectivity index (χ0v) is 27.6. The number of aromatic nitrogens is 2. The molecule has 0 atom stereocenters. The summed E-state index contributed by atoms with van der Waals surface area (Å²) < 4.78 is 0. The van der Waals surface area contributed by atoms with Crippen LogP contribution in [0, 0.1) is 0 Å². The van der Waals surface area contributed by atoms with Gasteiger partial charge < -0.3 is 0 Å². The Morgan fingerprint density at radius 3 is 1.63 bits per heavy atom. The maximum atomic E-state index is 5.40. The Bertz CT molecular complexity index is 2510. The van der Waals surface area contributed by atoms with E-state index >= 15 is 0 Å². The van der Waals surface area contributed by atoms with E-state index in [2.05, 4.69) is 184 Å². The second-order valence-corrected chi connectivity index (χ2v) is 13.4. The third-order valence-corrected chi connectivity index (χ3v) is 10.1. The van der Waals surface area contributed by atoms with E-state index in [-0.39, 0.29) is 5.41 Å². The lowest BCUT2D eigenvalue weighted by Gasteiger charge is -2.21. The van der Waals surface area contributed by atoms with Gasteiger partial charge in [-0.1, -0.05) is 172 Å². The monoisotopic (exact) mass is 626 g/mol. The predicted molar refractivity (Wildman–Crippen MR) is 204 cm³/mol. The SMILES string of the molecule is CC1(C)c2ccccc2-c2c1ccc1c(-c3ccccc3)nc(-c3cccc(-c4cccc(-c5ccccc5-c5ccccc5)c4)c3)nc21. The average molecular weight is 627 g/mol.